The lowest BCUT2D eigenvalue weighted by molar-refractivity contribution is 0.0397. The molecule has 5 rings (SSSR count). The van der Waals surface area contributed by atoms with E-state index in [4.69, 9.17) is 19.9 Å². The zero-order valence-corrected chi connectivity index (χ0v) is 23.1. The minimum absolute atomic E-state index is 0.0999. The van der Waals surface area contributed by atoms with Crippen LogP contribution in [0, 0.1) is 0 Å². The number of hydrogen-bond acceptors (Lipinski definition) is 16. The summed E-state index contributed by atoms with van der Waals surface area (Å²) < 4.78 is 16.3. The van der Waals surface area contributed by atoms with E-state index >= 15 is 0 Å². The Morgan fingerprint density at radius 2 is 0.850 bits per heavy atom. The molecule has 0 atom stereocenters. The predicted octanol–water partition coefficient (Wildman–Crippen LogP) is -1.46. The van der Waals surface area contributed by atoms with E-state index in [0.29, 0.717) is 43.3 Å². The number of nitrogens with zero attached hydrogens (tertiary/aromatic N) is 9. The number of nitrogen functional groups attached to an aromatic ring is 1. The molecule has 2 aromatic rings. The van der Waals surface area contributed by atoms with E-state index in [1.54, 1.807) is 0 Å². The van der Waals surface area contributed by atoms with Gasteiger partial charge in [0.15, 0.2) is 0 Å². The van der Waals surface area contributed by atoms with E-state index in [9.17, 15) is 0 Å². The first-order valence-corrected chi connectivity index (χ1v) is 14.1. The molecule has 16 nitrogen and oxygen atoms in total. The first-order valence-electron chi connectivity index (χ1n) is 14.1. The van der Waals surface area contributed by atoms with Crippen LogP contribution in [-0.4, -0.2) is 163 Å². The van der Waals surface area contributed by atoms with Crippen molar-refractivity contribution in [2.24, 2.45) is 0 Å². The molecule has 2 aromatic heterocycles. The van der Waals surface area contributed by atoms with E-state index in [0.717, 1.165) is 98.5 Å². The van der Waals surface area contributed by atoms with E-state index in [-0.39, 0.29) is 11.8 Å². The maximum atomic E-state index is 6.05. The number of anilines is 4. The molecule has 0 aromatic carbocycles. The second-order valence-electron chi connectivity index (χ2n) is 9.79. The molecular formula is C24H41N13O3. The van der Waals surface area contributed by atoms with Crippen molar-refractivity contribution in [3.8, 4) is 11.6 Å². The van der Waals surface area contributed by atoms with Crippen LogP contribution in [-0.2, 0) is 14.2 Å². The summed E-state index contributed by atoms with van der Waals surface area (Å²) in [5.74, 6) is 2.00. The molecule has 5 heterocycles. The average molecular weight is 560 g/mol. The number of morpholine rings is 3. The van der Waals surface area contributed by atoms with Crippen molar-refractivity contribution in [1.82, 2.24) is 44.6 Å². The molecule has 0 spiro atoms. The van der Waals surface area contributed by atoms with E-state index in [2.05, 4.69) is 60.6 Å². The van der Waals surface area contributed by atoms with Gasteiger partial charge in [0.25, 0.3) is 0 Å². The van der Waals surface area contributed by atoms with Gasteiger partial charge in [-0.2, -0.15) is 29.9 Å². The highest BCUT2D eigenvalue weighted by Crippen LogP contribution is 2.17. The lowest BCUT2D eigenvalue weighted by atomic mass is 10.4. The number of ether oxygens (including phenoxy) is 3. The molecule has 16 heteroatoms. The van der Waals surface area contributed by atoms with Gasteiger partial charge in [0, 0.05) is 78.5 Å². The monoisotopic (exact) mass is 559 g/mol. The van der Waals surface area contributed by atoms with Crippen LogP contribution >= 0.6 is 0 Å². The summed E-state index contributed by atoms with van der Waals surface area (Å²) in [4.78, 5) is 34.0. The lowest BCUT2D eigenvalue weighted by Crippen LogP contribution is -2.39. The van der Waals surface area contributed by atoms with E-state index < -0.39 is 0 Å². The van der Waals surface area contributed by atoms with Crippen LogP contribution in [0.25, 0.3) is 11.6 Å². The second-order valence-corrected chi connectivity index (χ2v) is 9.79. The third-order valence-corrected chi connectivity index (χ3v) is 6.93. The topological polar surface area (TPSA) is 177 Å². The summed E-state index contributed by atoms with van der Waals surface area (Å²) in [6.07, 6.45) is 0. The van der Waals surface area contributed by atoms with Crippen molar-refractivity contribution in [2.45, 2.75) is 0 Å². The molecule has 40 heavy (non-hydrogen) atoms. The number of rotatable bonds is 13. The molecule has 0 unspecified atom stereocenters. The molecule has 220 valence electrons. The van der Waals surface area contributed by atoms with Gasteiger partial charge in [0.1, 0.15) is 0 Å². The Hall–Kier alpha value is -3.02. The van der Waals surface area contributed by atoms with Crippen molar-refractivity contribution in [3.63, 3.8) is 0 Å². The smallest absolute Gasteiger partial charge is 0.228 e. The zero-order chi connectivity index (χ0) is 27.4. The zero-order valence-electron chi connectivity index (χ0n) is 23.1. The summed E-state index contributed by atoms with van der Waals surface area (Å²) in [7, 11) is 0. The van der Waals surface area contributed by atoms with Crippen molar-refractivity contribution < 1.29 is 14.2 Å². The van der Waals surface area contributed by atoms with Crippen LogP contribution in [0.1, 0.15) is 0 Å². The Morgan fingerprint density at radius 1 is 0.500 bits per heavy atom. The van der Waals surface area contributed by atoms with Crippen LogP contribution in [0.4, 0.5) is 23.8 Å². The minimum atomic E-state index is 0.0999. The highest BCUT2D eigenvalue weighted by molar-refractivity contribution is 5.53. The molecule has 3 aliphatic heterocycles. The first-order chi connectivity index (χ1) is 19.7. The van der Waals surface area contributed by atoms with Gasteiger partial charge < -0.3 is 35.9 Å². The maximum Gasteiger partial charge on any atom is 0.228 e. The molecule has 3 saturated heterocycles. The molecule has 0 radical (unpaired) electrons. The third-order valence-electron chi connectivity index (χ3n) is 6.93. The fourth-order valence-electron chi connectivity index (χ4n) is 4.66. The largest absolute Gasteiger partial charge is 0.379 e. The van der Waals surface area contributed by atoms with Crippen LogP contribution in [0.15, 0.2) is 0 Å². The number of nitrogens with one attached hydrogen (secondary N) is 3. The number of nitrogens with two attached hydrogens (primary N) is 1. The van der Waals surface area contributed by atoms with Crippen molar-refractivity contribution >= 4 is 23.8 Å². The normalized spacial score (nSPS) is 19.4. The van der Waals surface area contributed by atoms with Crippen LogP contribution < -0.4 is 21.7 Å². The van der Waals surface area contributed by atoms with Crippen LogP contribution in [0.2, 0.25) is 0 Å². The van der Waals surface area contributed by atoms with Gasteiger partial charge in [-0.3, -0.25) is 14.7 Å². The predicted molar refractivity (Wildman–Crippen MR) is 150 cm³/mol. The van der Waals surface area contributed by atoms with Gasteiger partial charge in [-0.25, -0.2) is 0 Å². The van der Waals surface area contributed by atoms with Crippen molar-refractivity contribution in [1.29, 1.82) is 0 Å². The third kappa shape index (κ3) is 9.00. The first kappa shape index (κ1) is 28.5. The molecule has 3 aliphatic rings. The van der Waals surface area contributed by atoms with Crippen molar-refractivity contribution in [2.75, 3.05) is 140 Å². The van der Waals surface area contributed by atoms with Gasteiger partial charge in [-0.15, -0.1) is 0 Å². The maximum absolute atomic E-state index is 6.05. The SMILES string of the molecule is Nc1nc(NCCN2CCOCC2)nc(-c2nc(NCCN3CCOCC3)nc(NCCN3CCOCC3)n2)n1. The minimum Gasteiger partial charge on any atom is -0.379 e. The summed E-state index contributed by atoms with van der Waals surface area (Å²) >= 11 is 0. The number of aromatic nitrogens is 6. The standard InChI is InChI=1S/C24H41N13O3/c25-21-29-19(30-22(33-21)26-1-4-35-7-13-38-14-8-35)20-31-23(27-2-5-36-9-15-39-16-10-36)34-24(32-20)28-3-6-37-11-17-40-18-12-37/h1-18H2,(H3,25,26,29,30,33)(H2,27,28,31,32,34). The summed E-state index contributed by atoms with van der Waals surface area (Å²) in [5, 5.41) is 9.93. The molecule has 0 aliphatic carbocycles. The van der Waals surface area contributed by atoms with Gasteiger partial charge in [-0.1, -0.05) is 0 Å². The lowest BCUT2D eigenvalue weighted by Gasteiger charge is -2.26. The molecule has 0 bridgehead atoms. The summed E-state index contributed by atoms with van der Waals surface area (Å²) in [6, 6.07) is 0. The van der Waals surface area contributed by atoms with Crippen LogP contribution in [0.3, 0.4) is 0 Å². The Morgan fingerprint density at radius 3 is 1.25 bits per heavy atom. The van der Waals surface area contributed by atoms with E-state index in [1.807, 2.05) is 0 Å². The Kier molecular flexibility index (Phi) is 10.8. The van der Waals surface area contributed by atoms with Crippen LogP contribution in [0.5, 0.6) is 0 Å². The fraction of sp³-hybridized carbons (Fsp3) is 0.750. The Labute approximate surface area is 234 Å². The Balaban J connectivity index is 1.25. The fourth-order valence-corrected chi connectivity index (χ4v) is 4.66. The van der Waals surface area contributed by atoms with Gasteiger partial charge in [0.05, 0.1) is 39.6 Å². The Bertz CT molecular complexity index is 1000. The summed E-state index contributed by atoms with van der Waals surface area (Å²) in [6.45, 7) is 14.7. The highest BCUT2D eigenvalue weighted by atomic mass is 16.5. The molecule has 3 fully saturated rings. The average Bonchev–Trinajstić information content (AvgIpc) is 2.98. The highest BCUT2D eigenvalue weighted by Gasteiger charge is 2.16. The van der Waals surface area contributed by atoms with E-state index in [1.165, 1.54) is 0 Å². The molecular weight excluding hydrogens is 518 g/mol. The molecule has 5 N–H and O–H groups in total. The number of hydrogen-bond donors (Lipinski definition) is 4. The molecule has 0 saturated carbocycles. The van der Waals surface area contributed by atoms with Gasteiger partial charge in [-0.05, 0) is 0 Å². The van der Waals surface area contributed by atoms with Crippen molar-refractivity contribution in [3.05, 3.63) is 0 Å². The summed E-state index contributed by atoms with van der Waals surface area (Å²) in [5.41, 5.74) is 6.05. The molecule has 0 amide bonds. The second kappa shape index (κ2) is 15.1. The quantitative estimate of drug-likeness (QED) is 0.224. The van der Waals surface area contributed by atoms with Gasteiger partial charge >= 0.3 is 0 Å². The van der Waals surface area contributed by atoms with Gasteiger partial charge in [0.2, 0.25) is 35.4 Å².